The lowest BCUT2D eigenvalue weighted by atomic mass is 9.94. The van der Waals surface area contributed by atoms with Gasteiger partial charge >= 0.3 is 12.0 Å². The van der Waals surface area contributed by atoms with Crippen LogP contribution in [0.5, 0.6) is 0 Å². The molecule has 2 aromatic carbocycles. The van der Waals surface area contributed by atoms with E-state index in [2.05, 4.69) is 10.6 Å². The number of ether oxygens (including phenoxy) is 1. The van der Waals surface area contributed by atoms with Crippen LogP contribution >= 0.6 is 0 Å². The molecule has 4 rings (SSSR count). The van der Waals surface area contributed by atoms with Gasteiger partial charge < -0.3 is 15.4 Å². The number of hydrogen-bond acceptors (Lipinski definition) is 5. The van der Waals surface area contributed by atoms with E-state index in [4.69, 9.17) is 4.74 Å². The highest BCUT2D eigenvalue weighted by Gasteiger charge is 2.40. The summed E-state index contributed by atoms with van der Waals surface area (Å²) in [7, 11) is 1.26. The van der Waals surface area contributed by atoms with Gasteiger partial charge in [0.15, 0.2) is 0 Å². The van der Waals surface area contributed by atoms with E-state index in [1.54, 1.807) is 36.4 Å². The summed E-state index contributed by atoms with van der Waals surface area (Å²) >= 11 is 0. The zero-order valence-corrected chi connectivity index (χ0v) is 17.1. The molecule has 0 aromatic heterocycles. The molecule has 1 fully saturated rings. The Morgan fingerprint density at radius 2 is 1.65 bits per heavy atom. The van der Waals surface area contributed by atoms with Crippen LogP contribution in [0.2, 0.25) is 0 Å². The van der Waals surface area contributed by atoms with Crippen molar-refractivity contribution in [2.24, 2.45) is 0 Å². The van der Waals surface area contributed by atoms with Gasteiger partial charge in [0.25, 0.3) is 11.8 Å². The van der Waals surface area contributed by atoms with E-state index in [0.717, 1.165) is 32.1 Å². The molecule has 0 bridgehead atoms. The second-order valence-electron chi connectivity index (χ2n) is 7.65. The third kappa shape index (κ3) is 4.01. The first-order valence-electron chi connectivity index (χ1n) is 10.3. The molecule has 1 aliphatic carbocycles. The standard InChI is InChI=1S/C23H23N3O5/c1-31-22(29)17-9-5-6-10-19(17)25-23(30)24-14-11-12-16-18(13-14)21(28)26(20(16)27)15-7-3-2-4-8-15/h5-6,9-13,15H,2-4,7-8H2,1H3,(H2,24,25,30). The topological polar surface area (TPSA) is 105 Å². The van der Waals surface area contributed by atoms with Crippen LogP contribution in [0, 0.1) is 0 Å². The minimum Gasteiger partial charge on any atom is -0.465 e. The second kappa shape index (κ2) is 8.59. The zero-order valence-electron chi connectivity index (χ0n) is 17.1. The van der Waals surface area contributed by atoms with Crippen molar-refractivity contribution in [1.29, 1.82) is 0 Å². The Morgan fingerprint density at radius 1 is 0.935 bits per heavy atom. The van der Waals surface area contributed by atoms with E-state index < -0.39 is 12.0 Å². The lowest BCUT2D eigenvalue weighted by Gasteiger charge is -2.29. The molecule has 1 aliphatic heterocycles. The summed E-state index contributed by atoms with van der Waals surface area (Å²) in [5.74, 6) is -1.15. The summed E-state index contributed by atoms with van der Waals surface area (Å²) in [4.78, 5) is 51.4. The molecule has 1 saturated carbocycles. The zero-order chi connectivity index (χ0) is 22.0. The number of benzene rings is 2. The molecular weight excluding hydrogens is 398 g/mol. The van der Waals surface area contributed by atoms with Gasteiger partial charge in [0, 0.05) is 11.7 Å². The van der Waals surface area contributed by atoms with E-state index in [9.17, 15) is 19.2 Å². The average molecular weight is 421 g/mol. The number of carbonyl (C=O) groups excluding carboxylic acids is 4. The van der Waals surface area contributed by atoms with Gasteiger partial charge in [-0.3, -0.25) is 14.5 Å². The molecule has 8 nitrogen and oxygen atoms in total. The predicted molar refractivity (Wildman–Crippen MR) is 114 cm³/mol. The quantitative estimate of drug-likeness (QED) is 0.573. The van der Waals surface area contributed by atoms with E-state index in [-0.39, 0.29) is 23.4 Å². The number of para-hydroxylation sites is 1. The lowest BCUT2D eigenvalue weighted by molar-refractivity contribution is 0.0546. The molecule has 0 saturated heterocycles. The van der Waals surface area contributed by atoms with E-state index in [1.165, 1.54) is 18.1 Å². The van der Waals surface area contributed by atoms with Crippen molar-refractivity contribution in [3.63, 3.8) is 0 Å². The number of imide groups is 1. The van der Waals surface area contributed by atoms with Crippen LogP contribution in [0.4, 0.5) is 16.2 Å². The average Bonchev–Trinajstić information content (AvgIpc) is 3.03. The van der Waals surface area contributed by atoms with Crippen LogP contribution in [-0.2, 0) is 4.74 Å². The SMILES string of the molecule is COC(=O)c1ccccc1NC(=O)Nc1ccc2c(c1)C(=O)N(C1CCCCC1)C2=O. The molecule has 4 amide bonds. The van der Waals surface area contributed by atoms with Gasteiger partial charge in [-0.15, -0.1) is 0 Å². The van der Waals surface area contributed by atoms with Crippen molar-refractivity contribution < 1.29 is 23.9 Å². The Balaban J connectivity index is 1.49. The second-order valence-corrected chi connectivity index (χ2v) is 7.65. The minimum absolute atomic E-state index is 0.0596. The van der Waals surface area contributed by atoms with Crippen LogP contribution in [-0.4, -0.2) is 41.9 Å². The predicted octanol–water partition coefficient (Wildman–Crippen LogP) is 4.05. The van der Waals surface area contributed by atoms with Crippen LogP contribution in [0.3, 0.4) is 0 Å². The number of amides is 4. The number of nitrogens with one attached hydrogen (secondary N) is 2. The molecule has 2 aliphatic rings. The number of nitrogens with zero attached hydrogens (tertiary/aromatic N) is 1. The molecule has 0 unspecified atom stereocenters. The fourth-order valence-corrected chi connectivity index (χ4v) is 4.17. The number of methoxy groups -OCH3 is 1. The Labute approximate surface area is 179 Å². The highest BCUT2D eigenvalue weighted by molar-refractivity contribution is 6.22. The van der Waals surface area contributed by atoms with E-state index in [1.807, 2.05) is 0 Å². The summed E-state index contributed by atoms with van der Waals surface area (Å²) in [5.41, 5.74) is 1.54. The summed E-state index contributed by atoms with van der Waals surface area (Å²) in [5, 5.41) is 5.26. The molecule has 0 radical (unpaired) electrons. The smallest absolute Gasteiger partial charge is 0.339 e. The number of fused-ring (bicyclic) bond motifs is 1. The molecule has 160 valence electrons. The fraction of sp³-hybridized carbons (Fsp3) is 0.304. The first-order valence-corrected chi connectivity index (χ1v) is 10.3. The Hall–Kier alpha value is -3.68. The Bertz CT molecular complexity index is 1060. The molecule has 1 heterocycles. The third-order valence-corrected chi connectivity index (χ3v) is 5.70. The molecule has 0 spiro atoms. The first-order chi connectivity index (χ1) is 15.0. The van der Waals surface area contributed by atoms with Gasteiger partial charge in [0.2, 0.25) is 0 Å². The van der Waals surface area contributed by atoms with Crippen molar-refractivity contribution in [2.45, 2.75) is 38.1 Å². The maximum atomic E-state index is 12.9. The molecule has 2 aromatic rings. The maximum absolute atomic E-state index is 12.9. The van der Waals surface area contributed by atoms with Crippen LogP contribution in [0.25, 0.3) is 0 Å². The van der Waals surface area contributed by atoms with Gasteiger partial charge in [0.1, 0.15) is 0 Å². The largest absolute Gasteiger partial charge is 0.465 e. The Kier molecular flexibility index (Phi) is 5.70. The normalized spacial score (nSPS) is 16.1. The Morgan fingerprint density at radius 3 is 2.39 bits per heavy atom. The number of anilines is 2. The van der Waals surface area contributed by atoms with Crippen molar-refractivity contribution in [3.8, 4) is 0 Å². The summed E-state index contributed by atoms with van der Waals surface area (Å²) in [6, 6.07) is 10.5. The third-order valence-electron chi connectivity index (χ3n) is 5.70. The minimum atomic E-state index is -0.586. The van der Waals surface area contributed by atoms with Gasteiger partial charge in [-0.25, -0.2) is 9.59 Å². The van der Waals surface area contributed by atoms with Crippen molar-refractivity contribution in [2.75, 3.05) is 17.7 Å². The monoisotopic (exact) mass is 421 g/mol. The van der Waals surface area contributed by atoms with Gasteiger partial charge in [-0.1, -0.05) is 31.4 Å². The van der Waals surface area contributed by atoms with E-state index >= 15 is 0 Å². The fourth-order valence-electron chi connectivity index (χ4n) is 4.17. The van der Waals surface area contributed by atoms with Gasteiger partial charge in [0.05, 0.1) is 29.5 Å². The van der Waals surface area contributed by atoms with Gasteiger partial charge in [-0.05, 0) is 43.2 Å². The van der Waals surface area contributed by atoms with Gasteiger partial charge in [-0.2, -0.15) is 0 Å². The van der Waals surface area contributed by atoms with Crippen molar-refractivity contribution in [1.82, 2.24) is 4.90 Å². The van der Waals surface area contributed by atoms with Crippen LogP contribution < -0.4 is 10.6 Å². The van der Waals surface area contributed by atoms with Crippen LogP contribution in [0.1, 0.15) is 63.2 Å². The molecule has 8 heteroatoms. The summed E-state index contributed by atoms with van der Waals surface area (Å²) in [6.45, 7) is 0. The number of esters is 1. The molecule has 0 atom stereocenters. The van der Waals surface area contributed by atoms with Crippen molar-refractivity contribution >= 4 is 35.2 Å². The lowest BCUT2D eigenvalue weighted by Crippen LogP contribution is -2.40. The number of carbonyl (C=O) groups is 4. The first kappa shape index (κ1) is 20.6. The maximum Gasteiger partial charge on any atom is 0.339 e. The van der Waals surface area contributed by atoms with E-state index in [0.29, 0.717) is 22.5 Å². The summed E-state index contributed by atoms with van der Waals surface area (Å²) in [6.07, 6.45) is 4.81. The number of hydrogen-bond donors (Lipinski definition) is 2. The number of urea groups is 1. The molecular formula is C23H23N3O5. The van der Waals surface area contributed by atoms with Crippen molar-refractivity contribution in [3.05, 3.63) is 59.2 Å². The van der Waals surface area contributed by atoms with Crippen LogP contribution in [0.15, 0.2) is 42.5 Å². The molecule has 2 N–H and O–H groups in total. The number of rotatable bonds is 4. The highest BCUT2D eigenvalue weighted by Crippen LogP contribution is 2.32. The molecule has 31 heavy (non-hydrogen) atoms. The summed E-state index contributed by atoms with van der Waals surface area (Å²) < 4.78 is 4.72. The highest BCUT2D eigenvalue weighted by atomic mass is 16.5.